The lowest BCUT2D eigenvalue weighted by Gasteiger charge is -2.09. The highest BCUT2D eigenvalue weighted by molar-refractivity contribution is 9.10. The molecule has 0 spiro atoms. The summed E-state index contributed by atoms with van der Waals surface area (Å²) >= 11 is 3.38. The third-order valence-corrected chi connectivity index (χ3v) is 4.06. The first-order valence-corrected chi connectivity index (χ1v) is 7.70. The number of aromatic nitrogens is 2. The molecule has 0 fully saturated rings. The molecule has 0 unspecified atom stereocenters. The highest BCUT2D eigenvalue weighted by Gasteiger charge is 2.15. The van der Waals surface area contributed by atoms with Crippen molar-refractivity contribution in [3.05, 3.63) is 87.7 Å². The molecule has 0 saturated heterocycles. The number of rotatable bonds is 4. The van der Waals surface area contributed by atoms with Gasteiger partial charge >= 0.3 is 0 Å². The molecule has 0 bridgehead atoms. The van der Waals surface area contributed by atoms with Crippen molar-refractivity contribution in [1.82, 2.24) is 9.55 Å². The van der Waals surface area contributed by atoms with Crippen LogP contribution in [0.5, 0.6) is 0 Å². The lowest BCUT2D eigenvalue weighted by atomic mass is 10.1. The number of nitrogens with zero attached hydrogens (tertiary/aromatic N) is 2. The molecule has 0 atom stereocenters. The minimum Gasteiger partial charge on any atom is -0.330 e. The molecular formula is C17H12BrF3N2. The summed E-state index contributed by atoms with van der Waals surface area (Å²) in [5, 5.41) is 0. The van der Waals surface area contributed by atoms with E-state index in [-0.39, 0.29) is 12.0 Å². The van der Waals surface area contributed by atoms with Crippen LogP contribution in [-0.2, 0) is 13.0 Å². The average molecular weight is 381 g/mol. The Morgan fingerprint density at radius 1 is 0.957 bits per heavy atom. The van der Waals surface area contributed by atoms with Crippen molar-refractivity contribution in [3.8, 4) is 0 Å². The summed E-state index contributed by atoms with van der Waals surface area (Å²) in [5.74, 6) is -3.22. The number of hydrogen-bond acceptors (Lipinski definition) is 1. The lowest BCUT2D eigenvalue weighted by molar-refractivity contribution is 0.441. The van der Waals surface area contributed by atoms with Gasteiger partial charge in [-0.2, -0.15) is 0 Å². The maximum Gasteiger partial charge on any atom is 0.194 e. The van der Waals surface area contributed by atoms with Crippen LogP contribution in [0, 0.1) is 17.5 Å². The van der Waals surface area contributed by atoms with Crippen LogP contribution in [0.15, 0.2) is 53.3 Å². The van der Waals surface area contributed by atoms with Gasteiger partial charge in [-0.25, -0.2) is 18.2 Å². The Kier molecular flexibility index (Phi) is 4.52. The van der Waals surface area contributed by atoms with Crippen molar-refractivity contribution in [2.45, 2.75) is 13.0 Å². The highest BCUT2D eigenvalue weighted by atomic mass is 79.9. The Hall–Kier alpha value is -2.08. The maximum atomic E-state index is 13.8. The zero-order valence-electron chi connectivity index (χ0n) is 11.9. The first-order chi connectivity index (χ1) is 11.0. The van der Waals surface area contributed by atoms with Gasteiger partial charge in [-0.3, -0.25) is 0 Å². The molecule has 0 amide bonds. The van der Waals surface area contributed by atoms with Gasteiger partial charge < -0.3 is 4.57 Å². The Morgan fingerprint density at radius 3 is 2.43 bits per heavy atom. The van der Waals surface area contributed by atoms with Gasteiger partial charge in [0.05, 0.1) is 0 Å². The van der Waals surface area contributed by atoms with Crippen LogP contribution >= 0.6 is 15.9 Å². The second kappa shape index (κ2) is 6.58. The predicted molar refractivity (Wildman–Crippen MR) is 84.6 cm³/mol. The molecule has 0 aliphatic carbocycles. The number of benzene rings is 2. The van der Waals surface area contributed by atoms with Crippen LogP contribution in [0.1, 0.15) is 17.0 Å². The van der Waals surface area contributed by atoms with Crippen molar-refractivity contribution in [3.63, 3.8) is 0 Å². The summed E-state index contributed by atoms with van der Waals surface area (Å²) in [6, 6.07) is 9.96. The van der Waals surface area contributed by atoms with Crippen LogP contribution in [0.25, 0.3) is 0 Å². The Balaban J connectivity index is 1.84. The summed E-state index contributed by atoms with van der Waals surface area (Å²) in [5.41, 5.74) is 1.13. The Morgan fingerprint density at radius 2 is 1.70 bits per heavy atom. The molecule has 0 aliphatic rings. The van der Waals surface area contributed by atoms with E-state index in [4.69, 9.17) is 0 Å². The Bertz CT molecular complexity index is 828. The molecule has 2 aromatic carbocycles. The van der Waals surface area contributed by atoms with Crippen LogP contribution in [-0.4, -0.2) is 9.55 Å². The smallest absolute Gasteiger partial charge is 0.194 e. The van der Waals surface area contributed by atoms with Crippen molar-refractivity contribution < 1.29 is 13.2 Å². The van der Waals surface area contributed by atoms with E-state index in [0.29, 0.717) is 12.4 Å². The van der Waals surface area contributed by atoms with E-state index in [0.717, 1.165) is 16.1 Å². The largest absolute Gasteiger partial charge is 0.330 e. The molecule has 0 N–H and O–H groups in total. The summed E-state index contributed by atoms with van der Waals surface area (Å²) in [6.07, 6.45) is 3.47. The summed E-state index contributed by atoms with van der Waals surface area (Å²) in [6.45, 7) is 0.563. The first kappa shape index (κ1) is 15.8. The van der Waals surface area contributed by atoms with Gasteiger partial charge in [0, 0.05) is 29.8 Å². The standard InChI is InChI=1S/C17H12BrF3N2/c18-13-4-1-11(2-5-13)10-23-8-7-22-15(23)9-12-3-6-14(19)17(21)16(12)20/h1-8H,9-10H2. The quantitative estimate of drug-likeness (QED) is 0.599. The molecule has 0 aliphatic heterocycles. The van der Waals surface area contributed by atoms with Crippen LogP contribution in [0.2, 0.25) is 0 Å². The fraction of sp³-hybridized carbons (Fsp3) is 0.118. The van der Waals surface area contributed by atoms with Crippen molar-refractivity contribution in [1.29, 1.82) is 0 Å². The first-order valence-electron chi connectivity index (χ1n) is 6.91. The molecule has 23 heavy (non-hydrogen) atoms. The molecule has 0 radical (unpaired) electrons. The van der Waals surface area contributed by atoms with Crippen LogP contribution in [0.3, 0.4) is 0 Å². The summed E-state index contributed by atoms with van der Waals surface area (Å²) < 4.78 is 43.0. The summed E-state index contributed by atoms with van der Waals surface area (Å²) in [4.78, 5) is 4.19. The van der Waals surface area contributed by atoms with Gasteiger partial charge in [-0.15, -0.1) is 0 Å². The zero-order valence-corrected chi connectivity index (χ0v) is 13.5. The third-order valence-electron chi connectivity index (χ3n) is 3.53. The molecule has 3 aromatic rings. The van der Waals surface area contributed by atoms with Gasteiger partial charge in [-0.05, 0) is 29.3 Å². The molecule has 1 heterocycles. The highest BCUT2D eigenvalue weighted by Crippen LogP contribution is 2.19. The number of halogens is 4. The zero-order chi connectivity index (χ0) is 16.4. The van der Waals surface area contributed by atoms with Crippen molar-refractivity contribution in [2.24, 2.45) is 0 Å². The van der Waals surface area contributed by atoms with Crippen molar-refractivity contribution >= 4 is 15.9 Å². The van der Waals surface area contributed by atoms with Gasteiger partial charge in [0.25, 0.3) is 0 Å². The fourth-order valence-corrected chi connectivity index (χ4v) is 2.57. The molecule has 6 heteroatoms. The van der Waals surface area contributed by atoms with Gasteiger partial charge in [0.2, 0.25) is 0 Å². The molecular weight excluding hydrogens is 369 g/mol. The molecule has 1 aromatic heterocycles. The minimum absolute atomic E-state index is 0.0761. The second-order valence-corrected chi connectivity index (χ2v) is 6.02. The van der Waals surface area contributed by atoms with Gasteiger partial charge in [0.15, 0.2) is 17.5 Å². The van der Waals surface area contributed by atoms with Gasteiger partial charge in [-0.1, -0.05) is 34.1 Å². The van der Waals surface area contributed by atoms with E-state index in [2.05, 4.69) is 20.9 Å². The second-order valence-electron chi connectivity index (χ2n) is 5.11. The normalized spacial score (nSPS) is 11.0. The lowest BCUT2D eigenvalue weighted by Crippen LogP contribution is -2.07. The fourth-order valence-electron chi connectivity index (χ4n) is 2.31. The minimum atomic E-state index is -1.45. The van der Waals surface area contributed by atoms with Crippen molar-refractivity contribution in [2.75, 3.05) is 0 Å². The van der Waals surface area contributed by atoms with E-state index >= 15 is 0 Å². The molecule has 0 saturated carbocycles. The third kappa shape index (κ3) is 3.47. The van der Waals surface area contributed by atoms with E-state index in [1.165, 1.54) is 6.07 Å². The molecule has 2 nitrogen and oxygen atoms in total. The molecule has 3 rings (SSSR count). The van der Waals surface area contributed by atoms with Crippen LogP contribution < -0.4 is 0 Å². The SMILES string of the molecule is Fc1ccc(Cc2nccn2Cc2ccc(Br)cc2)c(F)c1F. The number of imidazole rings is 1. The maximum absolute atomic E-state index is 13.8. The molecule has 118 valence electrons. The monoisotopic (exact) mass is 380 g/mol. The number of hydrogen-bond donors (Lipinski definition) is 0. The summed E-state index contributed by atoms with van der Waals surface area (Å²) in [7, 11) is 0. The van der Waals surface area contributed by atoms with Crippen LogP contribution in [0.4, 0.5) is 13.2 Å². The van der Waals surface area contributed by atoms with E-state index in [1.807, 2.05) is 28.8 Å². The van der Waals surface area contributed by atoms with E-state index in [9.17, 15) is 13.2 Å². The average Bonchev–Trinajstić information content (AvgIpc) is 2.97. The predicted octanol–water partition coefficient (Wildman–Crippen LogP) is 4.70. The van der Waals surface area contributed by atoms with Gasteiger partial charge in [0.1, 0.15) is 5.82 Å². The Labute approximate surface area is 139 Å². The topological polar surface area (TPSA) is 17.8 Å². The van der Waals surface area contributed by atoms with E-state index < -0.39 is 17.5 Å². The van der Waals surface area contributed by atoms with E-state index in [1.54, 1.807) is 12.4 Å².